The van der Waals surface area contributed by atoms with Crippen LogP contribution in [0.5, 0.6) is 11.5 Å². The molecule has 0 spiro atoms. The number of ketones is 1. The smallest absolute Gasteiger partial charge is 0.341 e. The number of carbonyl (C=O) groups excluding carboxylic acids is 1. The molecule has 1 aromatic carbocycles. The SMILES string of the molecule is CC(C)(C)c1cc(C(=O)CN2Cc3ccc(CO)nc3C2=N)cc(OCCCC#N)c1OCC(=O)O. The number of nitrogens with one attached hydrogen (secondary N) is 1. The van der Waals surface area contributed by atoms with E-state index in [1.807, 2.05) is 26.8 Å². The fourth-order valence-electron chi connectivity index (χ4n) is 3.83. The summed E-state index contributed by atoms with van der Waals surface area (Å²) in [5.74, 6) is -0.804. The van der Waals surface area contributed by atoms with Crippen molar-refractivity contribution in [2.45, 2.75) is 52.2 Å². The van der Waals surface area contributed by atoms with E-state index in [1.54, 1.807) is 23.1 Å². The van der Waals surface area contributed by atoms with E-state index in [1.165, 1.54) is 6.07 Å². The monoisotopic (exact) mass is 494 g/mol. The Morgan fingerprint density at radius 2 is 2.00 bits per heavy atom. The number of unbranched alkanes of at least 4 members (excludes halogenated alkanes) is 1. The van der Waals surface area contributed by atoms with Gasteiger partial charge in [-0.25, -0.2) is 9.78 Å². The molecule has 1 aliphatic rings. The second-order valence-electron chi connectivity index (χ2n) is 9.49. The van der Waals surface area contributed by atoms with E-state index >= 15 is 0 Å². The summed E-state index contributed by atoms with van der Waals surface area (Å²) in [5, 5.41) is 35.7. The number of Topliss-reactive ketones (excluding diaryl/α,β-unsaturated/α-hetero) is 1. The van der Waals surface area contributed by atoms with Crippen LogP contribution >= 0.6 is 0 Å². The molecule has 2 heterocycles. The number of aliphatic hydroxyl groups excluding tert-OH is 1. The largest absolute Gasteiger partial charge is 0.490 e. The standard InChI is InChI=1S/C26H30N4O6/c1-26(2,3)19-10-17(11-21(35-9-5-4-8-27)24(19)36-15-22(33)34)20(32)13-30-12-16-6-7-18(14-31)29-23(16)25(30)28/h6-7,10-11,28,31H,4-5,9,12-15H2,1-3H3,(H,33,34). The number of nitriles is 1. The fraction of sp³-hybridized carbons (Fsp3) is 0.423. The highest BCUT2D eigenvalue weighted by molar-refractivity contribution is 6.04. The van der Waals surface area contributed by atoms with Crippen LogP contribution < -0.4 is 9.47 Å². The number of rotatable bonds is 11. The van der Waals surface area contributed by atoms with Gasteiger partial charge in [0.25, 0.3) is 0 Å². The molecule has 0 bridgehead atoms. The minimum absolute atomic E-state index is 0.0730. The number of carbonyl (C=O) groups is 2. The summed E-state index contributed by atoms with van der Waals surface area (Å²) in [7, 11) is 0. The molecule has 1 aliphatic heterocycles. The summed E-state index contributed by atoms with van der Waals surface area (Å²) >= 11 is 0. The van der Waals surface area contributed by atoms with Gasteiger partial charge < -0.3 is 24.6 Å². The molecule has 10 heteroatoms. The van der Waals surface area contributed by atoms with Crippen LogP contribution in [0.2, 0.25) is 0 Å². The second kappa shape index (κ2) is 11.2. The molecule has 1 aromatic heterocycles. The molecule has 0 aliphatic carbocycles. The molecule has 3 rings (SSSR count). The Morgan fingerprint density at radius 3 is 2.64 bits per heavy atom. The lowest BCUT2D eigenvalue weighted by Gasteiger charge is -2.26. The summed E-state index contributed by atoms with van der Waals surface area (Å²) in [4.78, 5) is 30.5. The Hall–Kier alpha value is -3.97. The predicted octanol–water partition coefficient (Wildman–Crippen LogP) is 3.04. The van der Waals surface area contributed by atoms with Crippen molar-refractivity contribution in [3.63, 3.8) is 0 Å². The minimum Gasteiger partial charge on any atom is -0.490 e. The van der Waals surface area contributed by atoms with Gasteiger partial charge >= 0.3 is 5.97 Å². The number of hydrogen-bond acceptors (Lipinski definition) is 8. The number of pyridine rings is 1. The average molecular weight is 495 g/mol. The van der Waals surface area contributed by atoms with Crippen molar-refractivity contribution in [3.05, 3.63) is 52.3 Å². The molecule has 0 amide bonds. The third kappa shape index (κ3) is 6.17. The van der Waals surface area contributed by atoms with Gasteiger partial charge in [-0.2, -0.15) is 5.26 Å². The number of aromatic nitrogens is 1. The molecule has 0 atom stereocenters. The molecule has 0 saturated heterocycles. The Kier molecular flexibility index (Phi) is 8.27. The van der Waals surface area contributed by atoms with Gasteiger partial charge in [-0.1, -0.05) is 26.8 Å². The first kappa shape index (κ1) is 26.6. The number of fused-ring (bicyclic) bond motifs is 1. The van der Waals surface area contributed by atoms with E-state index in [0.29, 0.717) is 41.9 Å². The lowest BCUT2D eigenvalue weighted by Crippen LogP contribution is -2.30. The predicted molar refractivity (Wildman–Crippen MR) is 130 cm³/mol. The van der Waals surface area contributed by atoms with Crippen LogP contribution in [0.25, 0.3) is 0 Å². The topological polar surface area (TPSA) is 157 Å². The molecule has 0 radical (unpaired) electrons. The van der Waals surface area contributed by atoms with E-state index in [4.69, 9.17) is 25.3 Å². The van der Waals surface area contributed by atoms with Gasteiger partial charge in [0.1, 0.15) is 11.5 Å². The average Bonchev–Trinajstić information content (AvgIpc) is 3.13. The number of carboxylic acids is 1. The zero-order chi connectivity index (χ0) is 26.5. The third-order valence-electron chi connectivity index (χ3n) is 5.65. The quantitative estimate of drug-likeness (QED) is 0.315. The van der Waals surface area contributed by atoms with Gasteiger partial charge in [-0.3, -0.25) is 10.2 Å². The minimum atomic E-state index is -1.14. The number of ether oxygens (including phenoxy) is 2. The molecule has 3 N–H and O–H groups in total. The maximum absolute atomic E-state index is 13.4. The normalized spacial score (nSPS) is 12.8. The van der Waals surface area contributed by atoms with Gasteiger partial charge in [-0.15, -0.1) is 0 Å². The lowest BCUT2D eigenvalue weighted by atomic mass is 9.84. The maximum Gasteiger partial charge on any atom is 0.341 e. The van der Waals surface area contributed by atoms with Crippen molar-refractivity contribution < 1.29 is 29.3 Å². The van der Waals surface area contributed by atoms with Crippen LogP contribution in [-0.2, 0) is 23.4 Å². The van der Waals surface area contributed by atoms with Gasteiger partial charge in [0.15, 0.2) is 23.9 Å². The molecule has 190 valence electrons. The molecule has 0 unspecified atom stereocenters. The van der Waals surface area contributed by atoms with Crippen LogP contribution in [0.15, 0.2) is 24.3 Å². The number of nitrogens with zero attached hydrogens (tertiary/aromatic N) is 3. The second-order valence-corrected chi connectivity index (χ2v) is 9.49. The van der Waals surface area contributed by atoms with Crippen molar-refractivity contribution in [3.8, 4) is 17.6 Å². The summed E-state index contributed by atoms with van der Waals surface area (Å²) in [6.45, 7) is 5.42. The zero-order valence-electron chi connectivity index (χ0n) is 20.6. The van der Waals surface area contributed by atoms with Gasteiger partial charge in [0.05, 0.1) is 31.5 Å². The molecule has 0 fully saturated rings. The maximum atomic E-state index is 13.4. The van der Waals surface area contributed by atoms with E-state index in [2.05, 4.69) is 4.98 Å². The number of amidine groups is 1. The molecule has 0 saturated carbocycles. The van der Waals surface area contributed by atoms with E-state index in [9.17, 15) is 14.7 Å². The van der Waals surface area contributed by atoms with Crippen molar-refractivity contribution in [1.82, 2.24) is 9.88 Å². The number of aliphatic carboxylic acids is 1. The Balaban J connectivity index is 1.92. The Morgan fingerprint density at radius 1 is 1.25 bits per heavy atom. The molecule has 36 heavy (non-hydrogen) atoms. The number of aliphatic hydroxyl groups is 1. The summed E-state index contributed by atoms with van der Waals surface area (Å²) in [6, 6.07) is 8.74. The molecular weight excluding hydrogens is 464 g/mol. The van der Waals surface area contributed by atoms with Crippen molar-refractivity contribution in [2.24, 2.45) is 0 Å². The van der Waals surface area contributed by atoms with Crippen molar-refractivity contribution in [2.75, 3.05) is 19.8 Å². The van der Waals surface area contributed by atoms with Crippen LogP contribution in [0, 0.1) is 16.7 Å². The lowest BCUT2D eigenvalue weighted by molar-refractivity contribution is -0.139. The summed E-state index contributed by atoms with van der Waals surface area (Å²) in [6.07, 6.45) is 0.754. The first-order valence-corrected chi connectivity index (χ1v) is 11.5. The highest BCUT2D eigenvalue weighted by atomic mass is 16.5. The third-order valence-corrected chi connectivity index (χ3v) is 5.65. The first-order chi connectivity index (χ1) is 17.0. The van der Waals surface area contributed by atoms with Crippen LogP contribution in [0.1, 0.15) is 66.5 Å². The highest BCUT2D eigenvalue weighted by Crippen LogP contribution is 2.40. The van der Waals surface area contributed by atoms with Crippen LogP contribution in [0.4, 0.5) is 0 Å². The number of carboxylic acid groups (broad SMARTS) is 1. The van der Waals surface area contributed by atoms with Crippen molar-refractivity contribution in [1.29, 1.82) is 10.7 Å². The summed E-state index contributed by atoms with van der Waals surface area (Å²) in [5.41, 5.74) is 2.15. The Bertz CT molecular complexity index is 1210. The number of benzene rings is 1. The van der Waals surface area contributed by atoms with Gasteiger partial charge in [0.2, 0.25) is 0 Å². The molecule has 10 nitrogen and oxygen atoms in total. The fourth-order valence-corrected chi connectivity index (χ4v) is 3.83. The highest BCUT2D eigenvalue weighted by Gasteiger charge is 2.30. The first-order valence-electron chi connectivity index (χ1n) is 11.5. The van der Waals surface area contributed by atoms with Gasteiger partial charge in [-0.05, 0) is 30.0 Å². The molecule has 2 aromatic rings. The van der Waals surface area contributed by atoms with E-state index in [0.717, 1.165) is 5.56 Å². The van der Waals surface area contributed by atoms with Crippen LogP contribution in [0.3, 0.4) is 0 Å². The zero-order valence-corrected chi connectivity index (χ0v) is 20.6. The van der Waals surface area contributed by atoms with E-state index < -0.39 is 18.0 Å². The molecular formula is C26H30N4O6. The van der Waals surface area contributed by atoms with Crippen molar-refractivity contribution >= 4 is 17.6 Å². The van der Waals surface area contributed by atoms with E-state index in [-0.39, 0.29) is 42.9 Å². The van der Waals surface area contributed by atoms with Crippen LogP contribution in [-0.4, -0.2) is 57.4 Å². The Labute approximate surface area is 209 Å². The van der Waals surface area contributed by atoms with Gasteiger partial charge in [0, 0.05) is 29.7 Å². The summed E-state index contributed by atoms with van der Waals surface area (Å²) < 4.78 is 11.4. The number of hydrogen-bond donors (Lipinski definition) is 3.